The minimum atomic E-state index is -0.605. The summed E-state index contributed by atoms with van der Waals surface area (Å²) in [5, 5.41) is 19.6. The number of rotatable bonds is 3. The van der Waals surface area contributed by atoms with Crippen molar-refractivity contribution in [2.45, 2.75) is 0 Å². The molecule has 0 spiro atoms. The van der Waals surface area contributed by atoms with Gasteiger partial charge < -0.3 is 4.74 Å². The highest BCUT2D eigenvalue weighted by Crippen LogP contribution is 2.29. The van der Waals surface area contributed by atoms with Crippen LogP contribution in [0.25, 0.3) is 0 Å². The quantitative estimate of drug-likeness (QED) is 0.632. The molecule has 0 unspecified atom stereocenters. The molecule has 0 saturated carbocycles. The Morgan fingerprint density at radius 2 is 1.95 bits per heavy atom. The van der Waals surface area contributed by atoms with E-state index < -0.39 is 4.92 Å². The fourth-order valence-corrected chi connectivity index (χ4v) is 1.87. The van der Waals surface area contributed by atoms with Crippen LogP contribution in [-0.4, -0.2) is 4.92 Å². The molecule has 0 N–H and O–H groups in total. The summed E-state index contributed by atoms with van der Waals surface area (Å²) in [4.78, 5) is 10.2. The molecule has 6 heteroatoms. The van der Waals surface area contributed by atoms with E-state index in [4.69, 9.17) is 10.00 Å². The van der Waals surface area contributed by atoms with E-state index in [1.54, 1.807) is 24.3 Å². The van der Waals surface area contributed by atoms with E-state index >= 15 is 0 Å². The molecule has 19 heavy (non-hydrogen) atoms. The Balaban J connectivity index is 2.34. The number of nitriles is 1. The maximum Gasteiger partial charge on any atom is 0.290 e. The molecule has 0 aromatic heterocycles. The van der Waals surface area contributed by atoms with Crippen LogP contribution in [-0.2, 0) is 0 Å². The average Bonchev–Trinajstić information content (AvgIpc) is 2.38. The molecule has 0 bridgehead atoms. The van der Waals surface area contributed by atoms with Gasteiger partial charge in [-0.25, -0.2) is 0 Å². The molecule has 2 aromatic carbocycles. The van der Waals surface area contributed by atoms with Gasteiger partial charge in [-0.1, -0.05) is 22.0 Å². The van der Waals surface area contributed by atoms with Gasteiger partial charge in [-0.3, -0.25) is 10.1 Å². The van der Waals surface area contributed by atoms with E-state index in [-0.39, 0.29) is 11.3 Å². The van der Waals surface area contributed by atoms with Crippen molar-refractivity contribution < 1.29 is 9.66 Å². The molecule has 2 rings (SSSR count). The van der Waals surface area contributed by atoms with Crippen LogP contribution >= 0.6 is 15.9 Å². The number of nitro benzene ring substituents is 1. The van der Waals surface area contributed by atoms with Crippen molar-refractivity contribution in [3.8, 4) is 17.6 Å². The number of hydrogen-bond acceptors (Lipinski definition) is 4. The lowest BCUT2D eigenvalue weighted by atomic mass is 10.2. The normalized spacial score (nSPS) is 9.68. The summed E-state index contributed by atoms with van der Waals surface area (Å²) in [5.41, 5.74) is -0.262. The third-order valence-corrected chi connectivity index (χ3v) is 2.81. The summed E-state index contributed by atoms with van der Waals surface area (Å²) in [6, 6.07) is 13.0. The SMILES string of the molecule is N#Cc1ccc(Oc2cccc(Br)c2)cc1[N+](=O)[O-]. The van der Waals surface area contributed by atoms with Gasteiger partial charge in [-0.2, -0.15) is 5.26 Å². The van der Waals surface area contributed by atoms with Crippen LogP contribution in [0.3, 0.4) is 0 Å². The van der Waals surface area contributed by atoms with Gasteiger partial charge in [0.1, 0.15) is 23.1 Å². The molecule has 0 radical (unpaired) electrons. The van der Waals surface area contributed by atoms with Crippen molar-refractivity contribution in [1.29, 1.82) is 5.26 Å². The third kappa shape index (κ3) is 3.09. The molecule has 2 aromatic rings. The first-order valence-electron chi connectivity index (χ1n) is 5.22. The van der Waals surface area contributed by atoms with E-state index in [0.29, 0.717) is 11.5 Å². The molecule has 0 aliphatic heterocycles. The van der Waals surface area contributed by atoms with Gasteiger partial charge in [0.15, 0.2) is 0 Å². The third-order valence-electron chi connectivity index (χ3n) is 2.32. The van der Waals surface area contributed by atoms with Crippen molar-refractivity contribution in [3.05, 3.63) is 62.6 Å². The van der Waals surface area contributed by atoms with Gasteiger partial charge in [0.2, 0.25) is 0 Å². The first-order valence-corrected chi connectivity index (χ1v) is 6.01. The van der Waals surface area contributed by atoms with Gasteiger partial charge in [-0.15, -0.1) is 0 Å². The molecule has 94 valence electrons. The second-order valence-electron chi connectivity index (χ2n) is 3.61. The van der Waals surface area contributed by atoms with Crippen molar-refractivity contribution in [2.75, 3.05) is 0 Å². The van der Waals surface area contributed by atoms with Crippen LogP contribution in [0.4, 0.5) is 5.69 Å². The summed E-state index contributed by atoms with van der Waals surface area (Å²) in [6.07, 6.45) is 0. The summed E-state index contributed by atoms with van der Waals surface area (Å²) in [7, 11) is 0. The number of ether oxygens (including phenoxy) is 1. The van der Waals surface area contributed by atoms with Gasteiger partial charge in [0, 0.05) is 4.47 Å². The number of benzene rings is 2. The van der Waals surface area contributed by atoms with Crippen LogP contribution in [0.15, 0.2) is 46.9 Å². The number of nitrogens with zero attached hydrogens (tertiary/aromatic N) is 2. The molecular formula is C13H7BrN2O3. The summed E-state index contributed by atoms with van der Waals surface area (Å²) in [6.45, 7) is 0. The van der Waals surface area contributed by atoms with Crippen molar-refractivity contribution in [2.24, 2.45) is 0 Å². The molecule has 0 aliphatic carbocycles. The van der Waals surface area contributed by atoms with Crippen molar-refractivity contribution in [1.82, 2.24) is 0 Å². The zero-order valence-electron chi connectivity index (χ0n) is 9.54. The second kappa shape index (κ2) is 5.50. The largest absolute Gasteiger partial charge is 0.457 e. The van der Waals surface area contributed by atoms with Crippen LogP contribution < -0.4 is 4.74 Å². The molecule has 0 atom stereocenters. The Morgan fingerprint density at radius 3 is 2.58 bits per heavy atom. The lowest BCUT2D eigenvalue weighted by Gasteiger charge is -2.06. The van der Waals surface area contributed by atoms with Crippen LogP contribution in [0.2, 0.25) is 0 Å². The van der Waals surface area contributed by atoms with Gasteiger partial charge in [0.05, 0.1) is 11.0 Å². The molecule has 0 heterocycles. The minimum absolute atomic E-state index is 0.00610. The maximum absolute atomic E-state index is 10.8. The van der Waals surface area contributed by atoms with E-state index in [2.05, 4.69) is 15.9 Å². The van der Waals surface area contributed by atoms with Crippen molar-refractivity contribution >= 4 is 21.6 Å². The Hall–Kier alpha value is -2.39. The van der Waals surface area contributed by atoms with E-state index in [0.717, 1.165) is 4.47 Å². The lowest BCUT2D eigenvalue weighted by Crippen LogP contribution is -1.93. The molecule has 0 amide bonds. The van der Waals surface area contributed by atoms with Crippen LogP contribution in [0, 0.1) is 21.4 Å². The molecule has 5 nitrogen and oxygen atoms in total. The predicted molar refractivity (Wildman–Crippen MR) is 72.0 cm³/mol. The Kier molecular flexibility index (Phi) is 3.78. The van der Waals surface area contributed by atoms with E-state index in [9.17, 15) is 10.1 Å². The van der Waals surface area contributed by atoms with Gasteiger partial charge in [0.25, 0.3) is 5.69 Å². The molecule has 0 fully saturated rings. The zero-order chi connectivity index (χ0) is 13.8. The highest BCUT2D eigenvalue weighted by Gasteiger charge is 2.15. The Bertz CT molecular complexity index is 680. The second-order valence-corrected chi connectivity index (χ2v) is 4.52. The number of nitro groups is 1. The molecule has 0 saturated heterocycles. The first-order chi connectivity index (χ1) is 9.10. The standard InChI is InChI=1S/C13H7BrN2O3/c14-10-2-1-3-11(6-10)19-12-5-4-9(8-15)13(7-12)16(17)18/h1-7H. The lowest BCUT2D eigenvalue weighted by molar-refractivity contribution is -0.385. The summed E-state index contributed by atoms with van der Waals surface area (Å²) in [5.74, 6) is 0.859. The fraction of sp³-hybridized carbons (Fsp3) is 0. The summed E-state index contributed by atoms with van der Waals surface area (Å²) < 4.78 is 6.35. The Labute approximate surface area is 117 Å². The topological polar surface area (TPSA) is 76.2 Å². The highest BCUT2D eigenvalue weighted by molar-refractivity contribution is 9.10. The monoisotopic (exact) mass is 318 g/mol. The number of hydrogen-bond donors (Lipinski definition) is 0. The highest BCUT2D eigenvalue weighted by atomic mass is 79.9. The van der Waals surface area contributed by atoms with Crippen LogP contribution in [0.5, 0.6) is 11.5 Å². The van der Waals surface area contributed by atoms with Crippen molar-refractivity contribution in [3.63, 3.8) is 0 Å². The zero-order valence-corrected chi connectivity index (χ0v) is 11.1. The number of halogens is 1. The fourth-order valence-electron chi connectivity index (χ4n) is 1.49. The summed E-state index contributed by atoms with van der Waals surface area (Å²) >= 11 is 3.30. The minimum Gasteiger partial charge on any atom is -0.457 e. The smallest absolute Gasteiger partial charge is 0.290 e. The molecular weight excluding hydrogens is 312 g/mol. The Morgan fingerprint density at radius 1 is 1.21 bits per heavy atom. The van der Waals surface area contributed by atoms with Gasteiger partial charge >= 0.3 is 0 Å². The molecule has 0 aliphatic rings. The average molecular weight is 319 g/mol. The first kappa shape index (κ1) is 13.1. The van der Waals surface area contributed by atoms with Crippen LogP contribution in [0.1, 0.15) is 5.56 Å². The van der Waals surface area contributed by atoms with Gasteiger partial charge in [-0.05, 0) is 30.3 Å². The van der Waals surface area contributed by atoms with E-state index in [1.807, 2.05) is 6.07 Å². The predicted octanol–water partition coefficient (Wildman–Crippen LogP) is 4.02. The maximum atomic E-state index is 10.8. The van der Waals surface area contributed by atoms with E-state index in [1.165, 1.54) is 18.2 Å².